The topological polar surface area (TPSA) is 47.5 Å². The zero-order valence-corrected chi connectivity index (χ0v) is 17.4. The van der Waals surface area contributed by atoms with Gasteiger partial charge in [-0.1, -0.05) is 64.5 Å². The Morgan fingerprint density at radius 3 is 2.25 bits per heavy atom. The summed E-state index contributed by atoms with van der Waals surface area (Å²) in [6, 6.07) is 8.16. The number of hydrogen-bond donors (Lipinski definition) is 0. The standard InChI is InChI=1S/C24H34N2O2/c1-3-5-6-7-8-9-11-24-25-16-20(17-26-24)19-12-14-21(15-13-19)27-18-23-22(28-23)10-4-2/h12-17,22-23H,3-11,18H2,1-2H3/t22-,23-/m1/s1. The van der Waals surface area contributed by atoms with Crippen molar-refractivity contribution in [3.8, 4) is 16.9 Å². The van der Waals surface area contributed by atoms with Crippen LogP contribution in [0.15, 0.2) is 36.7 Å². The molecular formula is C24H34N2O2. The Bertz CT molecular complexity index is 685. The second-order valence-electron chi connectivity index (χ2n) is 7.74. The quantitative estimate of drug-likeness (QED) is 0.315. The number of aryl methyl sites for hydroxylation is 1. The molecule has 28 heavy (non-hydrogen) atoms. The van der Waals surface area contributed by atoms with E-state index in [9.17, 15) is 0 Å². The SMILES string of the molecule is CCCCCCCCc1ncc(-c2ccc(OC[C@H]3O[C@@H]3CCC)cc2)cn1. The summed E-state index contributed by atoms with van der Waals surface area (Å²) in [4.78, 5) is 9.09. The molecule has 1 aromatic heterocycles. The third-order valence-corrected chi connectivity index (χ3v) is 5.32. The highest BCUT2D eigenvalue weighted by molar-refractivity contribution is 5.62. The summed E-state index contributed by atoms with van der Waals surface area (Å²) in [6.07, 6.45) is 15.6. The van der Waals surface area contributed by atoms with E-state index in [0.29, 0.717) is 12.7 Å². The lowest BCUT2D eigenvalue weighted by molar-refractivity contribution is 0.259. The van der Waals surface area contributed by atoms with Crippen LogP contribution in [0, 0.1) is 0 Å². The van der Waals surface area contributed by atoms with Gasteiger partial charge in [0, 0.05) is 24.4 Å². The lowest BCUT2D eigenvalue weighted by atomic mass is 10.1. The molecule has 2 aromatic rings. The Morgan fingerprint density at radius 1 is 0.821 bits per heavy atom. The van der Waals surface area contributed by atoms with Gasteiger partial charge in [0.25, 0.3) is 0 Å². The van der Waals surface area contributed by atoms with Gasteiger partial charge in [0.05, 0.1) is 6.10 Å². The van der Waals surface area contributed by atoms with E-state index in [1.165, 1.54) is 38.5 Å². The number of ether oxygens (including phenoxy) is 2. The van der Waals surface area contributed by atoms with Crippen molar-refractivity contribution in [3.63, 3.8) is 0 Å². The molecule has 4 heteroatoms. The monoisotopic (exact) mass is 382 g/mol. The average molecular weight is 383 g/mol. The van der Waals surface area contributed by atoms with Gasteiger partial charge in [0.1, 0.15) is 24.3 Å². The molecule has 0 spiro atoms. The number of aromatic nitrogens is 2. The van der Waals surface area contributed by atoms with E-state index >= 15 is 0 Å². The molecule has 0 N–H and O–H groups in total. The molecule has 1 aromatic carbocycles. The highest BCUT2D eigenvalue weighted by atomic mass is 16.6. The lowest BCUT2D eigenvalue weighted by Gasteiger charge is -2.07. The number of hydrogen-bond acceptors (Lipinski definition) is 4. The fourth-order valence-corrected chi connectivity index (χ4v) is 3.48. The van der Waals surface area contributed by atoms with Crippen molar-refractivity contribution in [3.05, 3.63) is 42.5 Å². The predicted molar refractivity (Wildman–Crippen MR) is 114 cm³/mol. The fourth-order valence-electron chi connectivity index (χ4n) is 3.48. The van der Waals surface area contributed by atoms with Crippen LogP contribution in [0.4, 0.5) is 0 Å². The van der Waals surface area contributed by atoms with Crippen molar-refractivity contribution in [1.82, 2.24) is 9.97 Å². The van der Waals surface area contributed by atoms with Gasteiger partial charge in [0.2, 0.25) is 0 Å². The first-order valence-corrected chi connectivity index (χ1v) is 11.0. The van der Waals surface area contributed by atoms with Crippen LogP contribution in [0.2, 0.25) is 0 Å². The Hall–Kier alpha value is -1.94. The van der Waals surface area contributed by atoms with Gasteiger partial charge < -0.3 is 9.47 Å². The first-order chi connectivity index (χ1) is 13.8. The third kappa shape index (κ3) is 6.59. The first-order valence-electron chi connectivity index (χ1n) is 11.0. The van der Waals surface area contributed by atoms with Crippen LogP contribution < -0.4 is 4.74 Å². The number of benzene rings is 1. The summed E-state index contributed by atoms with van der Waals surface area (Å²) in [5.74, 6) is 1.83. The molecule has 1 saturated heterocycles. The maximum atomic E-state index is 5.84. The van der Waals surface area contributed by atoms with Crippen LogP contribution >= 0.6 is 0 Å². The molecule has 0 aliphatic carbocycles. The second-order valence-corrected chi connectivity index (χ2v) is 7.74. The van der Waals surface area contributed by atoms with Crippen LogP contribution in [0.5, 0.6) is 5.75 Å². The van der Waals surface area contributed by atoms with Crippen molar-refractivity contribution in [2.75, 3.05) is 6.61 Å². The molecule has 2 heterocycles. The van der Waals surface area contributed by atoms with E-state index in [2.05, 4.69) is 35.9 Å². The molecule has 0 radical (unpaired) electrons. The summed E-state index contributed by atoms with van der Waals surface area (Å²) < 4.78 is 11.4. The Balaban J connectivity index is 1.41. The lowest BCUT2D eigenvalue weighted by Crippen LogP contribution is -2.07. The molecule has 0 amide bonds. The minimum atomic E-state index is 0.271. The van der Waals surface area contributed by atoms with E-state index in [4.69, 9.17) is 9.47 Å². The third-order valence-electron chi connectivity index (χ3n) is 5.32. The van der Waals surface area contributed by atoms with E-state index in [0.717, 1.165) is 42.0 Å². The van der Waals surface area contributed by atoms with E-state index < -0.39 is 0 Å². The summed E-state index contributed by atoms with van der Waals surface area (Å²) >= 11 is 0. The molecule has 3 rings (SSSR count). The number of rotatable bonds is 13. The van der Waals surface area contributed by atoms with Crippen molar-refractivity contribution < 1.29 is 9.47 Å². The van der Waals surface area contributed by atoms with Gasteiger partial charge in [-0.15, -0.1) is 0 Å². The van der Waals surface area contributed by atoms with Crippen LogP contribution in [-0.2, 0) is 11.2 Å². The number of nitrogens with zero attached hydrogens (tertiary/aromatic N) is 2. The van der Waals surface area contributed by atoms with Crippen LogP contribution in [0.3, 0.4) is 0 Å². The zero-order chi connectivity index (χ0) is 19.6. The summed E-state index contributed by atoms with van der Waals surface area (Å²) in [5, 5.41) is 0. The molecule has 152 valence electrons. The molecule has 4 nitrogen and oxygen atoms in total. The molecule has 1 fully saturated rings. The summed E-state index contributed by atoms with van der Waals surface area (Å²) in [6.45, 7) is 5.07. The minimum absolute atomic E-state index is 0.271. The van der Waals surface area contributed by atoms with Gasteiger partial charge in [0.15, 0.2) is 0 Å². The molecule has 0 bridgehead atoms. The van der Waals surface area contributed by atoms with E-state index in [1.54, 1.807) is 0 Å². The predicted octanol–water partition coefficient (Wildman–Crippen LogP) is 5.99. The van der Waals surface area contributed by atoms with Gasteiger partial charge in [-0.3, -0.25) is 0 Å². The number of epoxide rings is 1. The van der Waals surface area contributed by atoms with Crippen LogP contribution in [-0.4, -0.2) is 28.8 Å². The van der Waals surface area contributed by atoms with Crippen molar-refractivity contribution in [2.24, 2.45) is 0 Å². The van der Waals surface area contributed by atoms with Crippen molar-refractivity contribution in [1.29, 1.82) is 0 Å². The van der Waals surface area contributed by atoms with Crippen molar-refractivity contribution in [2.45, 2.75) is 83.8 Å². The number of unbranched alkanes of at least 4 members (excludes halogenated alkanes) is 5. The average Bonchev–Trinajstić information content (AvgIpc) is 3.48. The van der Waals surface area contributed by atoms with E-state index in [-0.39, 0.29) is 6.10 Å². The fraction of sp³-hybridized carbons (Fsp3) is 0.583. The highest BCUT2D eigenvalue weighted by Crippen LogP contribution is 2.28. The Kier molecular flexibility index (Phi) is 8.28. The normalized spacial score (nSPS) is 18.2. The second kappa shape index (κ2) is 11.2. The maximum Gasteiger partial charge on any atom is 0.128 e. The van der Waals surface area contributed by atoms with Crippen LogP contribution in [0.25, 0.3) is 11.1 Å². The first kappa shape index (κ1) is 20.8. The largest absolute Gasteiger partial charge is 0.491 e. The van der Waals surface area contributed by atoms with Gasteiger partial charge in [-0.2, -0.15) is 0 Å². The Morgan fingerprint density at radius 2 is 1.54 bits per heavy atom. The molecular weight excluding hydrogens is 348 g/mol. The van der Waals surface area contributed by atoms with Crippen molar-refractivity contribution >= 4 is 0 Å². The Labute approximate surface area is 169 Å². The molecule has 1 aliphatic heterocycles. The van der Waals surface area contributed by atoms with Crippen LogP contribution in [0.1, 0.15) is 71.0 Å². The van der Waals surface area contributed by atoms with Gasteiger partial charge in [-0.05, 0) is 30.5 Å². The molecule has 2 atom stereocenters. The van der Waals surface area contributed by atoms with Gasteiger partial charge >= 0.3 is 0 Å². The molecule has 0 saturated carbocycles. The summed E-state index contributed by atoms with van der Waals surface area (Å²) in [7, 11) is 0. The molecule has 0 unspecified atom stereocenters. The smallest absolute Gasteiger partial charge is 0.128 e. The highest BCUT2D eigenvalue weighted by Gasteiger charge is 2.38. The molecule has 1 aliphatic rings. The maximum absolute atomic E-state index is 5.84. The zero-order valence-electron chi connectivity index (χ0n) is 17.4. The van der Waals surface area contributed by atoms with E-state index in [1.807, 2.05) is 24.5 Å². The minimum Gasteiger partial charge on any atom is -0.491 e. The summed E-state index contributed by atoms with van der Waals surface area (Å²) in [5.41, 5.74) is 2.16. The van der Waals surface area contributed by atoms with Gasteiger partial charge in [-0.25, -0.2) is 9.97 Å².